The zero-order valence-corrected chi connectivity index (χ0v) is 10.7. The lowest BCUT2D eigenvalue weighted by molar-refractivity contribution is -0.118. The van der Waals surface area contributed by atoms with Crippen molar-refractivity contribution in [2.45, 2.75) is 19.3 Å². The van der Waals surface area contributed by atoms with Crippen LogP contribution in [0.4, 0.5) is 10.1 Å². The lowest BCUT2D eigenvalue weighted by Crippen LogP contribution is -2.32. The molecular weight excluding hydrogens is 255 g/mol. The smallest absolute Gasteiger partial charge is 0.227 e. The molecule has 0 spiro atoms. The van der Waals surface area contributed by atoms with Crippen LogP contribution in [0.15, 0.2) is 24.3 Å². The predicted octanol–water partition coefficient (Wildman–Crippen LogP) is 3.09. The molecule has 1 aromatic carbocycles. The van der Waals surface area contributed by atoms with E-state index in [1.807, 2.05) is 6.07 Å². The van der Waals surface area contributed by atoms with Gasteiger partial charge in [-0.1, -0.05) is 12.1 Å². The first-order valence-corrected chi connectivity index (χ1v) is 6.22. The number of amides is 1. The summed E-state index contributed by atoms with van der Waals surface area (Å²) in [6.45, 7) is 0.193. The molecular formula is C13H14ClFN2O. The number of para-hydroxylation sites is 1. The summed E-state index contributed by atoms with van der Waals surface area (Å²) in [6, 6.07) is 8.00. The SMILES string of the molecule is N#CCCN(C(=O)CCCCl)c1ccccc1F. The van der Waals surface area contributed by atoms with Crippen LogP contribution in [0.5, 0.6) is 0 Å². The van der Waals surface area contributed by atoms with Crippen molar-refractivity contribution in [2.75, 3.05) is 17.3 Å². The second-order valence-electron chi connectivity index (χ2n) is 3.70. The first-order valence-electron chi connectivity index (χ1n) is 5.68. The second kappa shape index (κ2) is 7.67. The van der Waals surface area contributed by atoms with Gasteiger partial charge in [-0.15, -0.1) is 11.6 Å². The number of halogens is 2. The number of hydrogen-bond acceptors (Lipinski definition) is 2. The number of anilines is 1. The van der Waals surface area contributed by atoms with E-state index in [-0.39, 0.29) is 31.0 Å². The number of alkyl halides is 1. The Labute approximate surface area is 111 Å². The number of nitrogens with zero attached hydrogens (tertiary/aromatic N) is 2. The summed E-state index contributed by atoms with van der Waals surface area (Å²) in [5, 5.41) is 8.59. The van der Waals surface area contributed by atoms with Crippen LogP contribution in [0.25, 0.3) is 0 Å². The molecule has 3 nitrogen and oxygen atoms in total. The summed E-state index contributed by atoms with van der Waals surface area (Å²) >= 11 is 5.53. The van der Waals surface area contributed by atoms with E-state index in [1.165, 1.54) is 17.0 Å². The molecule has 0 heterocycles. The Morgan fingerprint density at radius 1 is 1.44 bits per heavy atom. The molecule has 0 saturated heterocycles. The van der Waals surface area contributed by atoms with E-state index in [0.29, 0.717) is 12.3 Å². The van der Waals surface area contributed by atoms with Crippen molar-refractivity contribution in [1.29, 1.82) is 5.26 Å². The predicted molar refractivity (Wildman–Crippen MR) is 68.9 cm³/mol. The third-order valence-electron chi connectivity index (χ3n) is 2.42. The average molecular weight is 269 g/mol. The van der Waals surface area contributed by atoms with E-state index in [9.17, 15) is 9.18 Å². The van der Waals surface area contributed by atoms with Gasteiger partial charge in [0.1, 0.15) is 5.82 Å². The van der Waals surface area contributed by atoms with Crippen molar-refractivity contribution < 1.29 is 9.18 Å². The Bertz CT molecular complexity index is 445. The first-order chi connectivity index (χ1) is 8.70. The van der Waals surface area contributed by atoms with Gasteiger partial charge >= 0.3 is 0 Å². The monoisotopic (exact) mass is 268 g/mol. The number of rotatable bonds is 6. The second-order valence-corrected chi connectivity index (χ2v) is 4.08. The third kappa shape index (κ3) is 4.01. The van der Waals surface area contributed by atoms with Gasteiger partial charge in [0.05, 0.1) is 18.2 Å². The van der Waals surface area contributed by atoms with Gasteiger partial charge in [0.15, 0.2) is 0 Å². The Balaban J connectivity index is 2.88. The molecule has 0 unspecified atom stereocenters. The summed E-state index contributed by atoms with van der Waals surface area (Å²) in [4.78, 5) is 13.3. The lowest BCUT2D eigenvalue weighted by atomic mass is 10.2. The summed E-state index contributed by atoms with van der Waals surface area (Å²) in [5.74, 6) is -0.291. The van der Waals surface area contributed by atoms with E-state index in [1.54, 1.807) is 12.1 Å². The van der Waals surface area contributed by atoms with Gasteiger partial charge in [0, 0.05) is 18.8 Å². The van der Waals surface area contributed by atoms with Gasteiger partial charge in [-0.05, 0) is 18.6 Å². The molecule has 0 aliphatic rings. The highest BCUT2D eigenvalue weighted by Crippen LogP contribution is 2.20. The summed E-state index contributed by atoms with van der Waals surface area (Å²) in [5.41, 5.74) is 0.215. The summed E-state index contributed by atoms with van der Waals surface area (Å²) < 4.78 is 13.6. The highest BCUT2D eigenvalue weighted by atomic mass is 35.5. The molecule has 1 aromatic rings. The van der Waals surface area contributed by atoms with Gasteiger partial charge in [-0.25, -0.2) is 4.39 Å². The number of hydrogen-bond donors (Lipinski definition) is 0. The normalized spacial score (nSPS) is 9.83. The van der Waals surface area contributed by atoms with Crippen molar-refractivity contribution in [3.05, 3.63) is 30.1 Å². The fourth-order valence-electron chi connectivity index (χ4n) is 1.56. The van der Waals surface area contributed by atoms with Crippen molar-refractivity contribution in [1.82, 2.24) is 0 Å². The van der Waals surface area contributed by atoms with E-state index in [4.69, 9.17) is 16.9 Å². The molecule has 0 aromatic heterocycles. The van der Waals surface area contributed by atoms with Crippen LogP contribution < -0.4 is 4.90 Å². The van der Waals surface area contributed by atoms with E-state index in [2.05, 4.69) is 0 Å². The fourth-order valence-corrected chi connectivity index (χ4v) is 1.70. The van der Waals surface area contributed by atoms with Crippen LogP contribution in [0.2, 0.25) is 0 Å². The van der Waals surface area contributed by atoms with Crippen LogP contribution in [0.3, 0.4) is 0 Å². The molecule has 0 aliphatic heterocycles. The zero-order valence-electron chi connectivity index (χ0n) is 9.90. The molecule has 1 amide bonds. The Hall–Kier alpha value is -1.60. The Morgan fingerprint density at radius 2 is 2.17 bits per heavy atom. The van der Waals surface area contributed by atoms with Crippen LogP contribution in [0.1, 0.15) is 19.3 Å². The number of carbonyl (C=O) groups excluding carboxylic acids is 1. The molecule has 1 rings (SSSR count). The number of carbonyl (C=O) groups is 1. The molecule has 0 radical (unpaired) electrons. The van der Waals surface area contributed by atoms with Crippen LogP contribution in [-0.2, 0) is 4.79 Å². The maximum Gasteiger partial charge on any atom is 0.227 e. The largest absolute Gasteiger partial charge is 0.309 e. The van der Waals surface area contributed by atoms with Gasteiger partial charge in [0.2, 0.25) is 5.91 Å². The van der Waals surface area contributed by atoms with Gasteiger partial charge < -0.3 is 4.90 Å². The molecule has 5 heteroatoms. The van der Waals surface area contributed by atoms with Crippen molar-refractivity contribution in [2.24, 2.45) is 0 Å². The molecule has 0 bridgehead atoms. The molecule has 0 fully saturated rings. The first kappa shape index (κ1) is 14.5. The average Bonchev–Trinajstić information content (AvgIpc) is 2.38. The van der Waals surface area contributed by atoms with Gasteiger partial charge in [-0.3, -0.25) is 4.79 Å². The topological polar surface area (TPSA) is 44.1 Å². The van der Waals surface area contributed by atoms with Crippen molar-refractivity contribution in [3.8, 4) is 6.07 Å². The quantitative estimate of drug-likeness (QED) is 0.744. The minimum atomic E-state index is -0.463. The molecule has 0 N–H and O–H groups in total. The van der Waals surface area contributed by atoms with Gasteiger partial charge in [0.25, 0.3) is 0 Å². The minimum Gasteiger partial charge on any atom is -0.309 e. The lowest BCUT2D eigenvalue weighted by Gasteiger charge is -2.22. The highest BCUT2D eigenvalue weighted by molar-refractivity contribution is 6.18. The minimum absolute atomic E-state index is 0.168. The maximum atomic E-state index is 13.6. The zero-order chi connectivity index (χ0) is 13.4. The summed E-state index contributed by atoms with van der Waals surface area (Å²) in [6.07, 6.45) is 0.960. The van der Waals surface area contributed by atoms with E-state index < -0.39 is 5.82 Å². The fraction of sp³-hybridized carbons (Fsp3) is 0.385. The molecule has 0 atom stereocenters. The highest BCUT2D eigenvalue weighted by Gasteiger charge is 2.17. The van der Waals surface area contributed by atoms with Crippen LogP contribution >= 0.6 is 11.6 Å². The van der Waals surface area contributed by atoms with E-state index >= 15 is 0 Å². The Morgan fingerprint density at radius 3 is 2.78 bits per heavy atom. The van der Waals surface area contributed by atoms with Crippen molar-refractivity contribution >= 4 is 23.2 Å². The standard InChI is InChI=1S/C13H14ClFN2O/c14-8-3-7-13(18)17(10-4-9-16)12-6-2-1-5-11(12)15/h1-2,5-6H,3-4,7-8,10H2. The number of benzene rings is 1. The maximum absolute atomic E-state index is 13.6. The van der Waals surface area contributed by atoms with Gasteiger partial charge in [-0.2, -0.15) is 5.26 Å². The Kier molecular flexibility index (Phi) is 6.16. The van der Waals surface area contributed by atoms with Crippen LogP contribution in [0, 0.1) is 17.1 Å². The van der Waals surface area contributed by atoms with Crippen LogP contribution in [-0.4, -0.2) is 18.3 Å². The number of nitriles is 1. The third-order valence-corrected chi connectivity index (χ3v) is 2.68. The molecule has 96 valence electrons. The molecule has 0 saturated carbocycles. The summed E-state index contributed by atoms with van der Waals surface area (Å²) in [7, 11) is 0. The molecule has 18 heavy (non-hydrogen) atoms. The molecule has 0 aliphatic carbocycles. The van der Waals surface area contributed by atoms with E-state index in [0.717, 1.165) is 0 Å². The van der Waals surface area contributed by atoms with Crippen molar-refractivity contribution in [3.63, 3.8) is 0 Å².